The second-order valence-electron chi connectivity index (χ2n) is 5.37. The summed E-state index contributed by atoms with van der Waals surface area (Å²) in [4.78, 5) is 1.21. The lowest BCUT2D eigenvalue weighted by atomic mass is 9.83. The van der Waals surface area contributed by atoms with E-state index in [0.29, 0.717) is 5.92 Å². The molecule has 0 bridgehead atoms. The molecule has 0 saturated heterocycles. The van der Waals surface area contributed by atoms with Crippen molar-refractivity contribution in [3.63, 3.8) is 0 Å². The molecule has 1 aliphatic rings. The van der Waals surface area contributed by atoms with Gasteiger partial charge in [-0.2, -0.15) is 0 Å². The van der Waals surface area contributed by atoms with Crippen molar-refractivity contribution in [1.29, 1.82) is 0 Å². The predicted molar refractivity (Wildman–Crippen MR) is 87.6 cm³/mol. The van der Waals surface area contributed by atoms with E-state index in [-0.39, 0.29) is 0 Å². The number of rotatable bonds is 4. The summed E-state index contributed by atoms with van der Waals surface area (Å²) in [7, 11) is 1.76. The molecular formula is C18H22OS. The van der Waals surface area contributed by atoms with Crippen molar-refractivity contribution in [2.75, 3.05) is 7.11 Å². The van der Waals surface area contributed by atoms with Crippen LogP contribution in [-0.2, 0) is 4.74 Å². The third-order valence-electron chi connectivity index (χ3n) is 3.55. The van der Waals surface area contributed by atoms with Crippen LogP contribution in [0.5, 0.6) is 0 Å². The summed E-state index contributed by atoms with van der Waals surface area (Å²) in [6.45, 7) is 8.43. The van der Waals surface area contributed by atoms with Gasteiger partial charge in [0.05, 0.1) is 7.11 Å². The Morgan fingerprint density at radius 3 is 2.55 bits per heavy atom. The Morgan fingerprint density at radius 1 is 1.25 bits per heavy atom. The number of methoxy groups -OCH3 is 1. The molecule has 106 valence electrons. The SMILES string of the molecule is C=C(C)[C@H]1CC(C)=C/C(=C(\OC)Sc2ccccc2)C1. The van der Waals surface area contributed by atoms with Crippen LogP contribution in [0.1, 0.15) is 26.7 Å². The molecule has 0 aromatic heterocycles. The van der Waals surface area contributed by atoms with Gasteiger partial charge in [-0.15, -0.1) is 0 Å². The van der Waals surface area contributed by atoms with Gasteiger partial charge in [0.2, 0.25) is 0 Å². The number of allylic oxidation sites excluding steroid dienone is 4. The Hall–Kier alpha value is -1.41. The molecular weight excluding hydrogens is 264 g/mol. The van der Waals surface area contributed by atoms with E-state index in [0.717, 1.165) is 17.9 Å². The Labute approximate surface area is 126 Å². The summed E-state index contributed by atoms with van der Waals surface area (Å²) >= 11 is 1.69. The van der Waals surface area contributed by atoms with Gasteiger partial charge >= 0.3 is 0 Å². The van der Waals surface area contributed by atoms with Gasteiger partial charge in [0.1, 0.15) is 0 Å². The number of ether oxygens (including phenoxy) is 1. The topological polar surface area (TPSA) is 9.23 Å². The number of benzene rings is 1. The van der Waals surface area contributed by atoms with E-state index < -0.39 is 0 Å². The molecule has 1 atom stereocenters. The van der Waals surface area contributed by atoms with Gasteiger partial charge in [-0.25, -0.2) is 0 Å². The van der Waals surface area contributed by atoms with E-state index >= 15 is 0 Å². The molecule has 0 N–H and O–H groups in total. The third-order valence-corrected chi connectivity index (χ3v) is 4.68. The minimum atomic E-state index is 0.538. The highest BCUT2D eigenvalue weighted by Crippen LogP contribution is 2.38. The van der Waals surface area contributed by atoms with Gasteiger partial charge < -0.3 is 4.74 Å². The largest absolute Gasteiger partial charge is 0.490 e. The summed E-state index contributed by atoms with van der Waals surface area (Å²) in [5.41, 5.74) is 3.95. The fourth-order valence-corrected chi connectivity index (χ4v) is 3.33. The summed E-state index contributed by atoms with van der Waals surface area (Å²) in [5.74, 6) is 0.538. The van der Waals surface area contributed by atoms with Crippen LogP contribution in [-0.4, -0.2) is 7.11 Å². The summed E-state index contributed by atoms with van der Waals surface area (Å²) in [6, 6.07) is 10.4. The third kappa shape index (κ3) is 3.80. The van der Waals surface area contributed by atoms with Crippen LogP contribution in [0.15, 0.2) is 69.7 Å². The Balaban J connectivity index is 2.27. The molecule has 0 fully saturated rings. The molecule has 20 heavy (non-hydrogen) atoms. The molecule has 2 rings (SSSR count). The maximum absolute atomic E-state index is 5.64. The molecule has 1 aliphatic carbocycles. The zero-order chi connectivity index (χ0) is 14.5. The van der Waals surface area contributed by atoms with Crippen LogP contribution in [0.3, 0.4) is 0 Å². The molecule has 2 heteroatoms. The first kappa shape index (κ1) is 15.0. The summed E-state index contributed by atoms with van der Waals surface area (Å²) in [6.07, 6.45) is 4.41. The van der Waals surface area contributed by atoms with E-state index in [1.807, 2.05) is 6.07 Å². The number of hydrogen-bond acceptors (Lipinski definition) is 2. The number of thioether (sulfide) groups is 1. The van der Waals surface area contributed by atoms with Crippen molar-refractivity contribution in [3.05, 3.63) is 64.8 Å². The highest BCUT2D eigenvalue weighted by molar-refractivity contribution is 8.03. The summed E-state index contributed by atoms with van der Waals surface area (Å²) < 4.78 is 5.64. The van der Waals surface area contributed by atoms with Gasteiger partial charge in [0.25, 0.3) is 0 Å². The number of hydrogen-bond donors (Lipinski definition) is 0. The van der Waals surface area contributed by atoms with Crippen molar-refractivity contribution >= 4 is 11.8 Å². The van der Waals surface area contributed by atoms with Crippen molar-refractivity contribution in [3.8, 4) is 0 Å². The van der Waals surface area contributed by atoms with Crippen LogP contribution in [0.2, 0.25) is 0 Å². The second kappa shape index (κ2) is 6.85. The minimum absolute atomic E-state index is 0.538. The maximum Gasteiger partial charge on any atom is 0.160 e. The van der Waals surface area contributed by atoms with Gasteiger partial charge in [-0.05, 0) is 44.7 Å². The molecule has 1 nitrogen and oxygen atoms in total. The average Bonchev–Trinajstić information content (AvgIpc) is 2.45. The minimum Gasteiger partial charge on any atom is -0.490 e. The molecule has 0 radical (unpaired) electrons. The monoisotopic (exact) mass is 286 g/mol. The molecule has 0 unspecified atom stereocenters. The Morgan fingerprint density at radius 2 is 1.95 bits per heavy atom. The quantitative estimate of drug-likeness (QED) is 0.406. The van der Waals surface area contributed by atoms with E-state index in [9.17, 15) is 0 Å². The highest BCUT2D eigenvalue weighted by Gasteiger charge is 2.20. The van der Waals surface area contributed by atoms with Gasteiger partial charge in [0, 0.05) is 10.5 Å². The molecule has 0 heterocycles. The zero-order valence-electron chi connectivity index (χ0n) is 12.5. The fourth-order valence-electron chi connectivity index (χ4n) is 2.47. The van der Waals surface area contributed by atoms with Crippen LogP contribution in [0, 0.1) is 5.92 Å². The van der Waals surface area contributed by atoms with E-state index in [1.54, 1.807) is 18.9 Å². The normalized spacial score (nSPS) is 21.1. The lowest BCUT2D eigenvalue weighted by molar-refractivity contribution is 0.318. The van der Waals surface area contributed by atoms with E-state index in [1.165, 1.54) is 21.6 Å². The van der Waals surface area contributed by atoms with Crippen LogP contribution >= 0.6 is 11.8 Å². The van der Waals surface area contributed by atoms with Crippen molar-refractivity contribution < 1.29 is 4.74 Å². The maximum atomic E-state index is 5.64. The van der Waals surface area contributed by atoms with Gasteiger partial charge in [-0.1, -0.05) is 53.8 Å². The standard InChI is InChI=1S/C18H22OS/c1-13(2)15-10-14(3)11-16(12-15)18(19-4)20-17-8-6-5-7-9-17/h5-9,11,15H,1,10,12H2,2-4H3/b18-16-/t15-/m0/s1. The smallest absolute Gasteiger partial charge is 0.160 e. The molecule has 1 aromatic carbocycles. The van der Waals surface area contributed by atoms with Gasteiger partial charge in [-0.3, -0.25) is 0 Å². The Bertz CT molecular complexity index is 540. The lowest BCUT2D eigenvalue weighted by Gasteiger charge is -2.24. The zero-order valence-corrected chi connectivity index (χ0v) is 13.3. The predicted octanol–water partition coefficient (Wildman–Crippen LogP) is 5.57. The van der Waals surface area contributed by atoms with Gasteiger partial charge in [0.15, 0.2) is 5.09 Å². The van der Waals surface area contributed by atoms with Crippen molar-refractivity contribution in [2.45, 2.75) is 31.6 Å². The Kier molecular flexibility index (Phi) is 5.13. The first-order chi connectivity index (χ1) is 9.60. The van der Waals surface area contributed by atoms with Crippen molar-refractivity contribution in [1.82, 2.24) is 0 Å². The van der Waals surface area contributed by atoms with E-state index in [2.05, 4.69) is 50.8 Å². The van der Waals surface area contributed by atoms with E-state index in [4.69, 9.17) is 4.74 Å². The second-order valence-corrected chi connectivity index (χ2v) is 6.42. The molecule has 0 spiro atoms. The summed E-state index contributed by atoms with van der Waals surface area (Å²) in [5, 5.41) is 1.00. The van der Waals surface area contributed by atoms with Crippen LogP contribution < -0.4 is 0 Å². The fraction of sp³-hybridized carbons (Fsp3) is 0.333. The molecule has 0 amide bonds. The highest BCUT2D eigenvalue weighted by atomic mass is 32.2. The van der Waals surface area contributed by atoms with Crippen LogP contribution in [0.25, 0.3) is 0 Å². The lowest BCUT2D eigenvalue weighted by Crippen LogP contribution is -2.09. The first-order valence-electron chi connectivity index (χ1n) is 6.92. The molecule has 0 saturated carbocycles. The van der Waals surface area contributed by atoms with Crippen molar-refractivity contribution in [2.24, 2.45) is 5.92 Å². The molecule has 0 aliphatic heterocycles. The average molecular weight is 286 g/mol. The molecule has 1 aromatic rings. The van der Waals surface area contributed by atoms with Crippen LogP contribution in [0.4, 0.5) is 0 Å². The first-order valence-corrected chi connectivity index (χ1v) is 7.74.